The summed E-state index contributed by atoms with van der Waals surface area (Å²) in [6, 6.07) is 16.3. The van der Waals surface area contributed by atoms with Crippen molar-refractivity contribution in [2.45, 2.75) is 6.92 Å². The Labute approximate surface area is 112 Å². The van der Waals surface area contributed by atoms with E-state index in [-0.39, 0.29) is 12.4 Å². The first kappa shape index (κ1) is 12.5. The van der Waals surface area contributed by atoms with Crippen LogP contribution in [0.5, 0.6) is 0 Å². The van der Waals surface area contributed by atoms with E-state index < -0.39 is 0 Å². The molecule has 0 amide bonds. The zero-order valence-electron chi connectivity index (χ0n) is 10.00. The van der Waals surface area contributed by atoms with Gasteiger partial charge in [-0.15, -0.1) is 12.4 Å². The molecule has 0 aliphatic rings. The molecule has 3 nitrogen and oxygen atoms in total. The van der Waals surface area contributed by atoms with E-state index in [1.807, 2.05) is 37.3 Å². The second-order valence-corrected chi connectivity index (χ2v) is 4.12. The van der Waals surface area contributed by atoms with Crippen molar-refractivity contribution in [3.8, 4) is 5.69 Å². The second kappa shape index (κ2) is 4.70. The van der Waals surface area contributed by atoms with Gasteiger partial charge in [-0.25, -0.2) is 4.68 Å². The maximum absolute atomic E-state index is 5.96. The Balaban J connectivity index is 0.00000120. The number of rotatable bonds is 1. The van der Waals surface area contributed by atoms with E-state index in [9.17, 15) is 0 Å². The molecule has 0 aliphatic carbocycles. The lowest BCUT2D eigenvalue weighted by atomic mass is 10.1. The average Bonchev–Trinajstić information content (AvgIpc) is 2.68. The molecule has 0 unspecified atom stereocenters. The summed E-state index contributed by atoms with van der Waals surface area (Å²) in [6.45, 7) is 1.94. The third-order valence-corrected chi connectivity index (χ3v) is 2.85. The monoisotopic (exact) mass is 259 g/mol. The number of benzene rings is 2. The van der Waals surface area contributed by atoms with E-state index in [0.29, 0.717) is 5.82 Å². The van der Waals surface area contributed by atoms with Gasteiger partial charge in [0.15, 0.2) is 0 Å². The van der Waals surface area contributed by atoms with Gasteiger partial charge in [0, 0.05) is 11.5 Å². The van der Waals surface area contributed by atoms with Gasteiger partial charge in [-0.3, -0.25) is 0 Å². The van der Waals surface area contributed by atoms with E-state index in [2.05, 4.69) is 23.3 Å². The van der Waals surface area contributed by atoms with Crippen molar-refractivity contribution in [3.63, 3.8) is 0 Å². The standard InChI is InChI=1S/C14H13N3.ClH/c1-10-9-14(15)17(16-10)13-8-4-6-11-5-2-3-7-12(11)13;/h2-9H,15H2,1H3;1H. The fourth-order valence-corrected chi connectivity index (χ4v) is 2.11. The fourth-order valence-electron chi connectivity index (χ4n) is 2.11. The lowest BCUT2D eigenvalue weighted by molar-refractivity contribution is 0.878. The molecule has 2 aromatic carbocycles. The highest BCUT2D eigenvalue weighted by atomic mass is 35.5. The molecule has 3 aromatic rings. The highest BCUT2D eigenvalue weighted by molar-refractivity contribution is 5.90. The van der Waals surface area contributed by atoms with Crippen LogP contribution in [-0.2, 0) is 0 Å². The number of anilines is 1. The van der Waals surface area contributed by atoms with Crippen molar-refractivity contribution >= 4 is 29.0 Å². The molecule has 0 saturated carbocycles. The van der Waals surface area contributed by atoms with Crippen molar-refractivity contribution in [1.29, 1.82) is 0 Å². The Morgan fingerprint density at radius 1 is 1.06 bits per heavy atom. The topological polar surface area (TPSA) is 43.8 Å². The molecule has 1 aromatic heterocycles. The zero-order chi connectivity index (χ0) is 11.8. The molecule has 0 spiro atoms. The first-order valence-electron chi connectivity index (χ1n) is 5.56. The molecule has 0 bridgehead atoms. The van der Waals surface area contributed by atoms with Gasteiger partial charge in [0.25, 0.3) is 0 Å². The molecular formula is C14H14ClN3. The fraction of sp³-hybridized carbons (Fsp3) is 0.0714. The number of nitrogens with two attached hydrogens (primary N) is 1. The Bertz CT molecular complexity index is 683. The van der Waals surface area contributed by atoms with Crippen molar-refractivity contribution in [2.24, 2.45) is 0 Å². The van der Waals surface area contributed by atoms with Crippen molar-refractivity contribution in [1.82, 2.24) is 9.78 Å². The number of halogens is 1. The number of fused-ring (bicyclic) bond motifs is 1. The SMILES string of the molecule is Cc1cc(N)n(-c2cccc3ccccc23)n1.Cl. The summed E-state index contributed by atoms with van der Waals surface area (Å²) in [7, 11) is 0. The summed E-state index contributed by atoms with van der Waals surface area (Å²) >= 11 is 0. The molecule has 0 saturated heterocycles. The number of nitrogens with zero attached hydrogens (tertiary/aromatic N) is 2. The van der Waals surface area contributed by atoms with Gasteiger partial charge < -0.3 is 5.73 Å². The Morgan fingerprint density at radius 3 is 2.50 bits per heavy atom. The normalized spacial score (nSPS) is 10.3. The molecule has 92 valence electrons. The third kappa shape index (κ3) is 1.93. The van der Waals surface area contributed by atoms with E-state index in [4.69, 9.17) is 5.73 Å². The van der Waals surface area contributed by atoms with Crippen LogP contribution < -0.4 is 5.73 Å². The van der Waals surface area contributed by atoms with Crippen LogP contribution in [0.25, 0.3) is 16.5 Å². The minimum atomic E-state index is 0. The van der Waals surface area contributed by atoms with Crippen LogP contribution >= 0.6 is 12.4 Å². The Hall–Kier alpha value is -2.00. The molecule has 1 heterocycles. The van der Waals surface area contributed by atoms with Crippen molar-refractivity contribution < 1.29 is 0 Å². The summed E-state index contributed by atoms with van der Waals surface area (Å²) in [6.07, 6.45) is 0. The van der Waals surface area contributed by atoms with Crippen LogP contribution in [0.1, 0.15) is 5.69 Å². The highest BCUT2D eigenvalue weighted by Crippen LogP contribution is 2.23. The first-order valence-corrected chi connectivity index (χ1v) is 5.56. The van der Waals surface area contributed by atoms with Gasteiger partial charge in [-0.2, -0.15) is 5.10 Å². The molecule has 0 aliphatic heterocycles. The predicted molar refractivity (Wildman–Crippen MR) is 77.5 cm³/mol. The van der Waals surface area contributed by atoms with Gasteiger partial charge in [-0.1, -0.05) is 36.4 Å². The largest absolute Gasteiger partial charge is 0.384 e. The molecule has 18 heavy (non-hydrogen) atoms. The highest BCUT2D eigenvalue weighted by Gasteiger charge is 2.07. The molecule has 3 rings (SSSR count). The van der Waals surface area contributed by atoms with Crippen LogP contribution in [0.2, 0.25) is 0 Å². The quantitative estimate of drug-likeness (QED) is 0.728. The predicted octanol–water partition coefficient (Wildman–Crippen LogP) is 3.34. The van der Waals surface area contributed by atoms with Crippen LogP contribution in [0.15, 0.2) is 48.5 Å². The van der Waals surface area contributed by atoms with Crippen molar-refractivity contribution in [2.75, 3.05) is 5.73 Å². The molecule has 4 heteroatoms. The summed E-state index contributed by atoms with van der Waals surface area (Å²) in [4.78, 5) is 0. The zero-order valence-corrected chi connectivity index (χ0v) is 10.8. The second-order valence-electron chi connectivity index (χ2n) is 4.12. The van der Waals surface area contributed by atoms with E-state index >= 15 is 0 Å². The van der Waals surface area contributed by atoms with Gasteiger partial charge in [-0.05, 0) is 18.4 Å². The molecule has 0 radical (unpaired) electrons. The molecule has 0 fully saturated rings. The van der Waals surface area contributed by atoms with Gasteiger partial charge in [0.2, 0.25) is 0 Å². The molecular weight excluding hydrogens is 246 g/mol. The average molecular weight is 260 g/mol. The maximum Gasteiger partial charge on any atom is 0.127 e. The van der Waals surface area contributed by atoms with Crippen LogP contribution in [0.4, 0.5) is 5.82 Å². The first-order chi connectivity index (χ1) is 8.25. The Morgan fingerprint density at radius 2 is 1.78 bits per heavy atom. The maximum atomic E-state index is 5.96. The van der Waals surface area contributed by atoms with Crippen LogP contribution in [0.3, 0.4) is 0 Å². The van der Waals surface area contributed by atoms with E-state index in [0.717, 1.165) is 16.8 Å². The number of aryl methyl sites for hydroxylation is 1. The van der Waals surface area contributed by atoms with Gasteiger partial charge in [0.05, 0.1) is 11.4 Å². The van der Waals surface area contributed by atoms with Crippen LogP contribution in [0, 0.1) is 6.92 Å². The summed E-state index contributed by atoms with van der Waals surface area (Å²) in [5.41, 5.74) is 7.91. The lowest BCUT2D eigenvalue weighted by Gasteiger charge is -2.07. The lowest BCUT2D eigenvalue weighted by Crippen LogP contribution is -2.02. The third-order valence-electron chi connectivity index (χ3n) is 2.85. The van der Waals surface area contributed by atoms with Crippen molar-refractivity contribution in [3.05, 3.63) is 54.2 Å². The summed E-state index contributed by atoms with van der Waals surface area (Å²) < 4.78 is 1.79. The van der Waals surface area contributed by atoms with Crippen LogP contribution in [-0.4, -0.2) is 9.78 Å². The summed E-state index contributed by atoms with van der Waals surface area (Å²) in [5, 5.41) is 6.77. The minimum absolute atomic E-state index is 0. The number of aromatic nitrogens is 2. The minimum Gasteiger partial charge on any atom is -0.384 e. The smallest absolute Gasteiger partial charge is 0.127 e. The number of nitrogen functional groups attached to an aromatic ring is 1. The number of hydrogen-bond donors (Lipinski definition) is 1. The van der Waals surface area contributed by atoms with Gasteiger partial charge >= 0.3 is 0 Å². The number of hydrogen-bond acceptors (Lipinski definition) is 2. The molecule has 2 N–H and O–H groups in total. The summed E-state index contributed by atoms with van der Waals surface area (Å²) in [5.74, 6) is 0.666. The Kier molecular flexibility index (Phi) is 3.26. The molecule has 0 atom stereocenters. The van der Waals surface area contributed by atoms with E-state index in [1.54, 1.807) is 4.68 Å². The van der Waals surface area contributed by atoms with E-state index in [1.165, 1.54) is 5.39 Å². The van der Waals surface area contributed by atoms with Gasteiger partial charge in [0.1, 0.15) is 5.82 Å².